The van der Waals surface area contributed by atoms with Crippen molar-refractivity contribution < 1.29 is 4.74 Å². The van der Waals surface area contributed by atoms with E-state index in [1.54, 1.807) is 7.11 Å². The lowest BCUT2D eigenvalue weighted by atomic mass is 10.0. The molecule has 94 valence electrons. The lowest BCUT2D eigenvalue weighted by molar-refractivity contribution is 0.103. The second kappa shape index (κ2) is 6.72. The Hall–Kier alpha value is -1.12. The Labute approximate surface area is 117 Å². The first-order chi connectivity index (χ1) is 8.78. The quantitative estimate of drug-likeness (QED) is 0.802. The Morgan fingerprint density at radius 2 is 1.61 bits per heavy atom. The zero-order valence-corrected chi connectivity index (χ0v) is 12.1. The summed E-state index contributed by atoms with van der Waals surface area (Å²) in [4.78, 5) is 0. The standard InChI is InChI=1S/C16H17BrO/c1-18-16(11-13-6-3-2-4-7-13)12-14-8-5-9-15(17)10-14/h2-10,16H,11-12H2,1H3. The van der Waals surface area contributed by atoms with E-state index in [-0.39, 0.29) is 6.10 Å². The minimum absolute atomic E-state index is 0.224. The molecule has 2 rings (SSSR count). The van der Waals surface area contributed by atoms with Gasteiger partial charge in [-0.25, -0.2) is 0 Å². The van der Waals surface area contributed by atoms with Gasteiger partial charge in [0, 0.05) is 11.6 Å². The molecule has 0 spiro atoms. The third kappa shape index (κ3) is 3.97. The van der Waals surface area contributed by atoms with E-state index in [4.69, 9.17) is 4.74 Å². The second-order valence-electron chi connectivity index (χ2n) is 4.38. The van der Waals surface area contributed by atoms with Crippen LogP contribution in [0, 0.1) is 0 Å². The first-order valence-corrected chi connectivity index (χ1v) is 6.88. The van der Waals surface area contributed by atoms with E-state index >= 15 is 0 Å². The second-order valence-corrected chi connectivity index (χ2v) is 5.30. The maximum Gasteiger partial charge on any atom is 0.0651 e. The predicted octanol–water partition coefficient (Wildman–Crippen LogP) is 4.25. The van der Waals surface area contributed by atoms with Crippen LogP contribution in [-0.2, 0) is 17.6 Å². The zero-order valence-electron chi connectivity index (χ0n) is 10.5. The first-order valence-electron chi connectivity index (χ1n) is 6.09. The van der Waals surface area contributed by atoms with Crippen LogP contribution >= 0.6 is 15.9 Å². The highest BCUT2D eigenvalue weighted by Gasteiger charge is 2.09. The number of ether oxygens (including phenoxy) is 1. The van der Waals surface area contributed by atoms with E-state index < -0.39 is 0 Å². The molecule has 1 unspecified atom stereocenters. The van der Waals surface area contributed by atoms with E-state index in [0.717, 1.165) is 17.3 Å². The SMILES string of the molecule is COC(Cc1ccccc1)Cc1cccc(Br)c1. The molecule has 1 atom stereocenters. The molecule has 0 bridgehead atoms. The molecule has 0 N–H and O–H groups in total. The minimum atomic E-state index is 0.224. The van der Waals surface area contributed by atoms with Crippen molar-refractivity contribution in [3.05, 3.63) is 70.2 Å². The highest BCUT2D eigenvalue weighted by Crippen LogP contribution is 2.16. The van der Waals surface area contributed by atoms with Crippen molar-refractivity contribution in [3.8, 4) is 0 Å². The Balaban J connectivity index is 2.01. The van der Waals surface area contributed by atoms with E-state index in [1.165, 1.54) is 11.1 Å². The molecule has 0 heterocycles. The van der Waals surface area contributed by atoms with Crippen molar-refractivity contribution in [1.29, 1.82) is 0 Å². The molecular formula is C16H17BrO. The van der Waals surface area contributed by atoms with Gasteiger partial charge in [-0.2, -0.15) is 0 Å². The molecule has 0 amide bonds. The van der Waals surface area contributed by atoms with Gasteiger partial charge in [0.2, 0.25) is 0 Å². The topological polar surface area (TPSA) is 9.23 Å². The zero-order chi connectivity index (χ0) is 12.8. The van der Waals surface area contributed by atoms with Gasteiger partial charge in [-0.1, -0.05) is 58.4 Å². The average molecular weight is 305 g/mol. The normalized spacial score (nSPS) is 12.3. The molecule has 1 nitrogen and oxygen atoms in total. The van der Waals surface area contributed by atoms with Crippen molar-refractivity contribution in [2.75, 3.05) is 7.11 Å². The van der Waals surface area contributed by atoms with E-state index in [1.807, 2.05) is 12.1 Å². The van der Waals surface area contributed by atoms with E-state index in [9.17, 15) is 0 Å². The fourth-order valence-electron chi connectivity index (χ4n) is 2.04. The van der Waals surface area contributed by atoms with Gasteiger partial charge < -0.3 is 4.74 Å². The van der Waals surface area contributed by atoms with Crippen LogP contribution in [0.15, 0.2) is 59.1 Å². The van der Waals surface area contributed by atoms with Crippen LogP contribution in [-0.4, -0.2) is 13.2 Å². The van der Waals surface area contributed by atoms with Gasteiger partial charge >= 0.3 is 0 Å². The maximum atomic E-state index is 5.58. The van der Waals surface area contributed by atoms with Crippen molar-refractivity contribution in [1.82, 2.24) is 0 Å². The van der Waals surface area contributed by atoms with Crippen LogP contribution in [0.1, 0.15) is 11.1 Å². The summed E-state index contributed by atoms with van der Waals surface area (Å²) in [7, 11) is 1.78. The van der Waals surface area contributed by atoms with Gasteiger partial charge in [-0.3, -0.25) is 0 Å². The van der Waals surface area contributed by atoms with Gasteiger partial charge in [0.05, 0.1) is 6.10 Å². The summed E-state index contributed by atoms with van der Waals surface area (Å²) in [5.74, 6) is 0. The summed E-state index contributed by atoms with van der Waals surface area (Å²) < 4.78 is 6.70. The smallest absolute Gasteiger partial charge is 0.0651 e. The number of benzene rings is 2. The van der Waals surface area contributed by atoms with Gasteiger partial charge in [0.15, 0.2) is 0 Å². The largest absolute Gasteiger partial charge is 0.381 e. The van der Waals surface area contributed by atoms with Crippen LogP contribution in [0.4, 0.5) is 0 Å². The third-order valence-corrected chi connectivity index (χ3v) is 3.49. The molecule has 0 saturated carbocycles. The van der Waals surface area contributed by atoms with Crippen molar-refractivity contribution >= 4 is 15.9 Å². The van der Waals surface area contributed by atoms with Gasteiger partial charge in [-0.05, 0) is 36.1 Å². The van der Waals surface area contributed by atoms with Crippen LogP contribution in [0.25, 0.3) is 0 Å². The van der Waals surface area contributed by atoms with Crippen molar-refractivity contribution in [3.63, 3.8) is 0 Å². The highest BCUT2D eigenvalue weighted by molar-refractivity contribution is 9.10. The van der Waals surface area contributed by atoms with Crippen LogP contribution in [0.2, 0.25) is 0 Å². The lowest BCUT2D eigenvalue weighted by Crippen LogP contribution is -2.17. The van der Waals surface area contributed by atoms with Gasteiger partial charge in [-0.15, -0.1) is 0 Å². The third-order valence-electron chi connectivity index (χ3n) is 2.99. The minimum Gasteiger partial charge on any atom is -0.381 e. The fraction of sp³-hybridized carbons (Fsp3) is 0.250. The lowest BCUT2D eigenvalue weighted by Gasteiger charge is -2.15. The molecule has 18 heavy (non-hydrogen) atoms. The molecule has 2 aromatic rings. The van der Waals surface area contributed by atoms with Gasteiger partial charge in [0.25, 0.3) is 0 Å². The molecule has 0 saturated heterocycles. The Morgan fingerprint density at radius 3 is 2.28 bits per heavy atom. The summed E-state index contributed by atoms with van der Waals surface area (Å²) >= 11 is 3.50. The molecule has 0 aliphatic rings. The molecule has 0 radical (unpaired) electrons. The Bertz CT molecular complexity index is 481. The molecule has 0 aliphatic heterocycles. The summed E-state index contributed by atoms with van der Waals surface area (Å²) in [6, 6.07) is 18.9. The highest BCUT2D eigenvalue weighted by atomic mass is 79.9. The molecule has 0 aliphatic carbocycles. The predicted molar refractivity (Wildman–Crippen MR) is 78.8 cm³/mol. The van der Waals surface area contributed by atoms with Crippen molar-refractivity contribution in [2.24, 2.45) is 0 Å². The van der Waals surface area contributed by atoms with E-state index in [2.05, 4.69) is 58.4 Å². The Kier molecular flexibility index (Phi) is 4.97. The number of halogens is 1. The van der Waals surface area contributed by atoms with Gasteiger partial charge in [0.1, 0.15) is 0 Å². The number of hydrogen-bond acceptors (Lipinski definition) is 1. The summed E-state index contributed by atoms with van der Waals surface area (Å²) in [5.41, 5.74) is 2.62. The molecule has 2 heteroatoms. The van der Waals surface area contributed by atoms with Crippen molar-refractivity contribution in [2.45, 2.75) is 18.9 Å². The number of methoxy groups -OCH3 is 1. The van der Waals surface area contributed by atoms with E-state index in [0.29, 0.717) is 0 Å². The number of hydrogen-bond donors (Lipinski definition) is 0. The summed E-state index contributed by atoms with van der Waals surface area (Å²) in [6.45, 7) is 0. The molecule has 2 aromatic carbocycles. The fourth-order valence-corrected chi connectivity index (χ4v) is 2.49. The maximum absolute atomic E-state index is 5.58. The van der Waals surface area contributed by atoms with Crippen LogP contribution in [0.5, 0.6) is 0 Å². The number of rotatable bonds is 5. The van der Waals surface area contributed by atoms with Crippen LogP contribution < -0.4 is 0 Å². The van der Waals surface area contributed by atoms with Crippen LogP contribution in [0.3, 0.4) is 0 Å². The summed E-state index contributed by atoms with van der Waals surface area (Å²) in [6.07, 6.45) is 2.11. The average Bonchev–Trinajstić information content (AvgIpc) is 2.39. The molecule has 0 aromatic heterocycles. The first kappa shape index (κ1) is 13.3. The monoisotopic (exact) mass is 304 g/mol. The summed E-state index contributed by atoms with van der Waals surface area (Å²) in [5, 5.41) is 0. The molecule has 0 fully saturated rings. The Morgan fingerprint density at radius 1 is 0.944 bits per heavy atom. The molecular weight excluding hydrogens is 288 g/mol.